The van der Waals surface area contributed by atoms with Gasteiger partial charge in [-0.15, -0.1) is 11.6 Å². The van der Waals surface area contributed by atoms with E-state index in [2.05, 4.69) is 10.1 Å². The van der Waals surface area contributed by atoms with Crippen molar-refractivity contribution in [3.63, 3.8) is 0 Å². The summed E-state index contributed by atoms with van der Waals surface area (Å²) in [6.45, 7) is 3.37. The third kappa shape index (κ3) is 2.02. The van der Waals surface area contributed by atoms with Gasteiger partial charge in [0.25, 0.3) is 0 Å². The van der Waals surface area contributed by atoms with Gasteiger partial charge in [-0.2, -0.15) is 5.10 Å². The number of aryl methyl sites for hydroxylation is 1. The third-order valence-electron chi connectivity index (χ3n) is 2.49. The summed E-state index contributed by atoms with van der Waals surface area (Å²) >= 11 is 5.61. The average molecular weight is 274 g/mol. The van der Waals surface area contributed by atoms with Crippen LogP contribution in [0.2, 0.25) is 0 Å². The summed E-state index contributed by atoms with van der Waals surface area (Å²) in [7, 11) is -3.51. The van der Waals surface area contributed by atoms with E-state index in [1.807, 2.05) is 0 Å². The fraction of sp³-hybridized carbons (Fsp3) is 0.400. The van der Waals surface area contributed by atoms with E-state index < -0.39 is 15.1 Å². The molecule has 0 N–H and O–H groups in total. The van der Waals surface area contributed by atoms with E-state index in [-0.39, 0.29) is 10.9 Å². The van der Waals surface area contributed by atoms with Crippen molar-refractivity contribution in [2.24, 2.45) is 0 Å². The molecule has 0 bridgehead atoms. The van der Waals surface area contributed by atoms with Crippen molar-refractivity contribution >= 4 is 27.0 Å². The highest BCUT2D eigenvalue weighted by Crippen LogP contribution is 2.20. The maximum absolute atomic E-state index is 12.2. The Morgan fingerprint density at radius 2 is 2.24 bits per heavy atom. The van der Waals surface area contributed by atoms with Gasteiger partial charge in [0.2, 0.25) is 9.84 Å². The van der Waals surface area contributed by atoms with Gasteiger partial charge in [0.05, 0.1) is 10.9 Å². The zero-order chi connectivity index (χ0) is 12.6. The van der Waals surface area contributed by atoms with Crippen LogP contribution in [0.1, 0.15) is 12.6 Å². The molecule has 7 heteroatoms. The topological polar surface area (TPSA) is 64.3 Å². The number of halogens is 1. The summed E-state index contributed by atoms with van der Waals surface area (Å²) in [6, 6.07) is 1.70. The van der Waals surface area contributed by atoms with Crippen molar-refractivity contribution in [2.75, 3.05) is 5.88 Å². The summed E-state index contributed by atoms with van der Waals surface area (Å²) in [6.07, 6.45) is 3.04. The number of rotatable bonds is 3. The van der Waals surface area contributed by atoms with Crippen molar-refractivity contribution < 1.29 is 8.42 Å². The molecule has 0 aliphatic rings. The Morgan fingerprint density at radius 3 is 2.88 bits per heavy atom. The molecule has 0 radical (unpaired) electrons. The fourth-order valence-corrected chi connectivity index (χ4v) is 3.21. The van der Waals surface area contributed by atoms with Crippen LogP contribution in [-0.4, -0.2) is 34.1 Å². The third-order valence-corrected chi connectivity index (χ3v) is 5.22. The standard InChI is InChI=1S/C10H12ClN3O2S/c1-7-5-9-10(12-3-4-14(9)13-7)17(15,16)8(2)6-11/h3-5,8H,6H2,1-2H3. The molecule has 2 aromatic heterocycles. The monoisotopic (exact) mass is 273 g/mol. The van der Waals surface area contributed by atoms with Crippen molar-refractivity contribution in [2.45, 2.75) is 24.1 Å². The molecule has 1 unspecified atom stereocenters. The molecule has 5 nitrogen and oxygen atoms in total. The molecular weight excluding hydrogens is 262 g/mol. The summed E-state index contributed by atoms with van der Waals surface area (Å²) in [4.78, 5) is 3.95. The number of aromatic nitrogens is 3. The second kappa shape index (κ2) is 4.27. The van der Waals surface area contributed by atoms with Crippen LogP contribution in [0, 0.1) is 6.92 Å². The van der Waals surface area contributed by atoms with E-state index >= 15 is 0 Å². The highest BCUT2D eigenvalue weighted by atomic mass is 35.5. The van der Waals surface area contributed by atoms with Gasteiger partial charge < -0.3 is 0 Å². The van der Waals surface area contributed by atoms with Gasteiger partial charge in [-0.05, 0) is 19.9 Å². The van der Waals surface area contributed by atoms with Crippen LogP contribution >= 0.6 is 11.6 Å². The quantitative estimate of drug-likeness (QED) is 0.794. The van der Waals surface area contributed by atoms with Crippen LogP contribution in [0.25, 0.3) is 5.52 Å². The van der Waals surface area contributed by atoms with Crippen LogP contribution in [-0.2, 0) is 9.84 Å². The van der Waals surface area contributed by atoms with Crippen LogP contribution in [0.3, 0.4) is 0 Å². The number of fused-ring (bicyclic) bond motifs is 1. The summed E-state index contributed by atoms with van der Waals surface area (Å²) in [5, 5.41) is 3.52. The molecule has 2 aromatic rings. The Bertz CT molecular complexity index is 651. The highest BCUT2D eigenvalue weighted by Gasteiger charge is 2.26. The minimum atomic E-state index is -3.51. The second-order valence-electron chi connectivity index (χ2n) is 3.86. The van der Waals surface area contributed by atoms with E-state index in [4.69, 9.17) is 11.6 Å². The number of nitrogens with zero attached hydrogens (tertiary/aromatic N) is 3. The first kappa shape index (κ1) is 12.3. The van der Waals surface area contributed by atoms with E-state index in [1.165, 1.54) is 10.7 Å². The molecule has 0 aliphatic carbocycles. The lowest BCUT2D eigenvalue weighted by atomic mass is 10.4. The lowest BCUT2D eigenvalue weighted by Crippen LogP contribution is -2.21. The molecule has 2 heterocycles. The molecule has 0 amide bonds. The van der Waals surface area contributed by atoms with Crippen LogP contribution in [0.5, 0.6) is 0 Å². The average Bonchev–Trinajstić information content (AvgIpc) is 2.67. The molecule has 0 aliphatic heterocycles. The molecule has 0 fully saturated rings. The predicted molar refractivity (Wildman–Crippen MR) is 65.1 cm³/mol. The number of hydrogen-bond donors (Lipinski definition) is 0. The van der Waals surface area contributed by atoms with E-state index in [0.29, 0.717) is 5.52 Å². The summed E-state index contributed by atoms with van der Waals surface area (Å²) < 4.78 is 25.9. The molecule has 2 rings (SSSR count). The second-order valence-corrected chi connectivity index (χ2v) is 6.45. The lowest BCUT2D eigenvalue weighted by Gasteiger charge is -2.09. The molecule has 0 spiro atoms. The first-order valence-electron chi connectivity index (χ1n) is 5.07. The zero-order valence-electron chi connectivity index (χ0n) is 9.46. The molecule has 92 valence electrons. The van der Waals surface area contributed by atoms with Crippen LogP contribution in [0.15, 0.2) is 23.5 Å². The fourth-order valence-electron chi connectivity index (χ4n) is 1.51. The van der Waals surface area contributed by atoms with Gasteiger partial charge in [0, 0.05) is 18.3 Å². The normalized spacial score (nSPS) is 14.1. The van der Waals surface area contributed by atoms with Gasteiger partial charge in [-0.3, -0.25) is 0 Å². The van der Waals surface area contributed by atoms with Crippen molar-refractivity contribution in [3.05, 3.63) is 24.2 Å². The molecular formula is C10H12ClN3O2S. The smallest absolute Gasteiger partial charge is 0.201 e. The van der Waals surface area contributed by atoms with E-state index in [0.717, 1.165) is 5.69 Å². The Hall–Kier alpha value is -1.14. The van der Waals surface area contributed by atoms with Gasteiger partial charge in [0.1, 0.15) is 5.52 Å². The molecule has 1 atom stereocenters. The van der Waals surface area contributed by atoms with Crippen LogP contribution in [0.4, 0.5) is 0 Å². The van der Waals surface area contributed by atoms with Crippen molar-refractivity contribution in [1.82, 2.24) is 14.6 Å². The van der Waals surface area contributed by atoms with Gasteiger partial charge in [-0.1, -0.05) is 0 Å². The van der Waals surface area contributed by atoms with Gasteiger partial charge >= 0.3 is 0 Å². The number of sulfone groups is 1. The maximum Gasteiger partial charge on any atom is 0.201 e. The summed E-state index contributed by atoms with van der Waals surface area (Å²) in [5.41, 5.74) is 1.23. The largest absolute Gasteiger partial charge is 0.241 e. The minimum absolute atomic E-state index is 0.0359. The van der Waals surface area contributed by atoms with Crippen molar-refractivity contribution in [1.29, 1.82) is 0 Å². The Morgan fingerprint density at radius 1 is 1.53 bits per heavy atom. The zero-order valence-corrected chi connectivity index (χ0v) is 11.0. The minimum Gasteiger partial charge on any atom is -0.241 e. The lowest BCUT2D eigenvalue weighted by molar-refractivity contribution is 0.584. The number of alkyl halides is 1. The van der Waals surface area contributed by atoms with E-state index in [1.54, 1.807) is 26.1 Å². The Kier molecular flexibility index (Phi) is 3.09. The number of hydrogen-bond acceptors (Lipinski definition) is 4. The molecule has 0 aromatic carbocycles. The van der Waals surface area contributed by atoms with E-state index in [9.17, 15) is 8.42 Å². The first-order chi connectivity index (χ1) is 7.96. The summed E-state index contributed by atoms with van der Waals surface area (Å²) in [5.74, 6) is 0.0399. The van der Waals surface area contributed by atoms with Gasteiger partial charge in [0.15, 0.2) is 5.03 Å². The molecule has 0 saturated heterocycles. The van der Waals surface area contributed by atoms with Crippen LogP contribution < -0.4 is 0 Å². The SMILES string of the molecule is Cc1cc2c(S(=O)(=O)C(C)CCl)nccn2n1. The first-order valence-corrected chi connectivity index (χ1v) is 7.15. The van der Waals surface area contributed by atoms with Gasteiger partial charge in [-0.25, -0.2) is 17.9 Å². The Labute approximate surface area is 104 Å². The van der Waals surface area contributed by atoms with Crippen molar-refractivity contribution in [3.8, 4) is 0 Å². The highest BCUT2D eigenvalue weighted by molar-refractivity contribution is 7.92. The predicted octanol–water partition coefficient (Wildman–Crippen LogP) is 1.44. The Balaban J connectivity index is 2.71. The molecule has 17 heavy (non-hydrogen) atoms. The maximum atomic E-state index is 12.2. The molecule has 0 saturated carbocycles.